The van der Waals surface area contributed by atoms with E-state index in [1.165, 1.54) is 0 Å². The maximum Gasteiger partial charge on any atom is 0.422 e. The molecule has 0 aliphatic carbocycles. The molecule has 0 spiro atoms. The second kappa shape index (κ2) is 6.97. The zero-order valence-corrected chi connectivity index (χ0v) is 10.7. The van der Waals surface area contributed by atoms with Crippen molar-refractivity contribution in [3.63, 3.8) is 0 Å². The quantitative estimate of drug-likeness (QED) is 0.783. The van der Waals surface area contributed by atoms with Gasteiger partial charge in [-0.05, 0) is 12.5 Å². The van der Waals surface area contributed by atoms with Gasteiger partial charge in [-0.3, -0.25) is 0 Å². The molecule has 20 heavy (non-hydrogen) atoms. The van der Waals surface area contributed by atoms with Crippen LogP contribution in [0.3, 0.4) is 0 Å². The zero-order chi connectivity index (χ0) is 15.2. The monoisotopic (exact) mass is 293 g/mol. The molecule has 0 aromatic carbocycles. The Hall–Kier alpha value is -1.99. The molecule has 1 N–H and O–H groups in total. The molecule has 0 saturated carbocycles. The number of unbranched alkanes of at least 4 members (excludes halogenated alkanes) is 1. The normalized spacial score (nSPS) is 11.2. The number of alkyl halides is 3. The van der Waals surface area contributed by atoms with Crippen molar-refractivity contribution in [3.8, 4) is 11.8 Å². The van der Waals surface area contributed by atoms with Crippen LogP contribution in [0.25, 0.3) is 0 Å². The molecule has 0 aliphatic heterocycles. The van der Waals surface area contributed by atoms with Gasteiger partial charge in [-0.1, -0.05) is 13.3 Å². The van der Waals surface area contributed by atoms with Crippen LogP contribution in [0.15, 0.2) is 12.1 Å². The maximum atomic E-state index is 12.0. The molecule has 1 rings (SSSR count). The van der Waals surface area contributed by atoms with Gasteiger partial charge in [0.15, 0.2) is 6.61 Å². The van der Waals surface area contributed by atoms with Crippen molar-refractivity contribution >= 4 is 5.97 Å². The predicted molar refractivity (Wildman–Crippen MR) is 63.1 cm³/mol. The number of carboxylic acid groups (broad SMARTS) is 1. The van der Waals surface area contributed by atoms with Crippen molar-refractivity contribution in [2.24, 2.45) is 0 Å². The van der Waals surface area contributed by atoms with Crippen LogP contribution in [0.1, 0.15) is 30.1 Å². The number of ether oxygens (including phenoxy) is 2. The number of nitrogens with zero attached hydrogens (tertiary/aromatic N) is 1. The van der Waals surface area contributed by atoms with Gasteiger partial charge in [-0.2, -0.15) is 18.2 Å². The van der Waals surface area contributed by atoms with Gasteiger partial charge < -0.3 is 14.6 Å². The summed E-state index contributed by atoms with van der Waals surface area (Å²) in [7, 11) is 0. The summed E-state index contributed by atoms with van der Waals surface area (Å²) >= 11 is 0. The van der Waals surface area contributed by atoms with Crippen LogP contribution >= 0.6 is 0 Å². The largest absolute Gasteiger partial charge is 0.477 e. The van der Waals surface area contributed by atoms with E-state index in [2.05, 4.69) is 9.72 Å². The molecule has 0 saturated heterocycles. The molecule has 0 bridgehead atoms. The zero-order valence-electron chi connectivity index (χ0n) is 10.7. The Labute approximate surface area is 113 Å². The van der Waals surface area contributed by atoms with Crippen LogP contribution in [0.5, 0.6) is 11.8 Å². The molecule has 0 aliphatic rings. The van der Waals surface area contributed by atoms with Crippen LogP contribution in [0.2, 0.25) is 0 Å². The molecular weight excluding hydrogens is 279 g/mol. The third-order valence-electron chi connectivity index (χ3n) is 2.19. The third kappa shape index (κ3) is 5.33. The lowest BCUT2D eigenvalue weighted by atomic mass is 10.2. The topological polar surface area (TPSA) is 68.7 Å². The van der Waals surface area contributed by atoms with E-state index in [0.717, 1.165) is 18.6 Å². The standard InChI is InChI=1S/C12H14F3NO4/c1-2-3-6-19-10-8(11(17)18)4-5-9(16-10)20-7-12(13,14)15/h4-5H,2-3,6-7H2,1H3,(H,17,18). The van der Waals surface area contributed by atoms with Crippen molar-refractivity contribution in [2.75, 3.05) is 13.2 Å². The Morgan fingerprint density at radius 2 is 2.05 bits per heavy atom. The van der Waals surface area contributed by atoms with Gasteiger partial charge in [0.2, 0.25) is 11.8 Å². The van der Waals surface area contributed by atoms with Gasteiger partial charge in [0.05, 0.1) is 6.61 Å². The van der Waals surface area contributed by atoms with Crippen molar-refractivity contribution in [1.29, 1.82) is 0 Å². The fourth-order valence-electron chi connectivity index (χ4n) is 1.25. The van der Waals surface area contributed by atoms with Gasteiger partial charge in [0.25, 0.3) is 0 Å². The molecule has 5 nitrogen and oxygen atoms in total. The molecule has 1 aromatic heterocycles. The number of pyridine rings is 1. The Balaban J connectivity index is 2.83. The van der Waals surface area contributed by atoms with E-state index in [4.69, 9.17) is 9.84 Å². The minimum atomic E-state index is -4.49. The summed E-state index contributed by atoms with van der Waals surface area (Å²) in [6, 6.07) is 2.16. The Morgan fingerprint density at radius 3 is 2.60 bits per heavy atom. The number of halogens is 3. The molecule has 1 heterocycles. The Kier molecular flexibility index (Phi) is 5.60. The molecule has 0 atom stereocenters. The number of aromatic carboxylic acids is 1. The summed E-state index contributed by atoms with van der Waals surface area (Å²) in [5.41, 5.74) is -0.222. The number of hydrogen-bond acceptors (Lipinski definition) is 4. The van der Waals surface area contributed by atoms with E-state index in [0.29, 0.717) is 6.42 Å². The molecular formula is C12H14F3NO4. The van der Waals surface area contributed by atoms with E-state index >= 15 is 0 Å². The first kappa shape index (κ1) is 16.1. The molecule has 0 fully saturated rings. The van der Waals surface area contributed by atoms with E-state index in [-0.39, 0.29) is 23.9 Å². The number of carboxylic acids is 1. The minimum Gasteiger partial charge on any atom is -0.477 e. The van der Waals surface area contributed by atoms with E-state index in [1.54, 1.807) is 0 Å². The van der Waals surface area contributed by atoms with Crippen LogP contribution in [0.4, 0.5) is 13.2 Å². The van der Waals surface area contributed by atoms with Gasteiger partial charge in [-0.15, -0.1) is 0 Å². The van der Waals surface area contributed by atoms with Crippen molar-refractivity contribution in [1.82, 2.24) is 4.98 Å². The fraction of sp³-hybridized carbons (Fsp3) is 0.500. The lowest BCUT2D eigenvalue weighted by molar-refractivity contribution is -0.154. The Morgan fingerprint density at radius 1 is 1.35 bits per heavy atom. The van der Waals surface area contributed by atoms with Crippen LogP contribution in [-0.2, 0) is 0 Å². The van der Waals surface area contributed by atoms with Crippen LogP contribution < -0.4 is 9.47 Å². The Bertz CT molecular complexity index is 463. The smallest absolute Gasteiger partial charge is 0.422 e. The summed E-state index contributed by atoms with van der Waals surface area (Å²) < 4.78 is 45.7. The van der Waals surface area contributed by atoms with E-state index in [9.17, 15) is 18.0 Å². The summed E-state index contributed by atoms with van der Waals surface area (Å²) in [4.78, 5) is 14.6. The molecule has 0 radical (unpaired) electrons. The second-order valence-corrected chi connectivity index (χ2v) is 3.91. The number of carbonyl (C=O) groups is 1. The molecule has 0 unspecified atom stereocenters. The van der Waals surface area contributed by atoms with Crippen LogP contribution in [0, 0.1) is 0 Å². The first-order valence-electron chi connectivity index (χ1n) is 5.90. The van der Waals surface area contributed by atoms with Crippen molar-refractivity contribution < 1.29 is 32.5 Å². The van der Waals surface area contributed by atoms with Crippen molar-refractivity contribution in [3.05, 3.63) is 17.7 Å². The molecule has 0 amide bonds. The first-order chi connectivity index (χ1) is 9.33. The molecule has 8 heteroatoms. The lowest BCUT2D eigenvalue weighted by Gasteiger charge is -2.11. The summed E-state index contributed by atoms with van der Waals surface area (Å²) in [6.07, 6.45) is -2.99. The summed E-state index contributed by atoms with van der Waals surface area (Å²) in [5.74, 6) is -1.85. The highest BCUT2D eigenvalue weighted by molar-refractivity contribution is 5.90. The number of rotatable bonds is 7. The van der Waals surface area contributed by atoms with Gasteiger partial charge in [-0.25, -0.2) is 4.79 Å². The number of hydrogen-bond donors (Lipinski definition) is 1. The fourth-order valence-corrected chi connectivity index (χ4v) is 1.25. The van der Waals surface area contributed by atoms with Crippen LogP contribution in [-0.4, -0.2) is 35.4 Å². The van der Waals surface area contributed by atoms with E-state index in [1.807, 2.05) is 6.92 Å². The van der Waals surface area contributed by atoms with E-state index < -0.39 is 18.8 Å². The highest BCUT2D eigenvalue weighted by atomic mass is 19.4. The maximum absolute atomic E-state index is 12.0. The van der Waals surface area contributed by atoms with Crippen molar-refractivity contribution in [2.45, 2.75) is 25.9 Å². The number of aromatic nitrogens is 1. The van der Waals surface area contributed by atoms with Gasteiger partial charge >= 0.3 is 12.1 Å². The average molecular weight is 293 g/mol. The highest BCUT2D eigenvalue weighted by Gasteiger charge is 2.29. The third-order valence-corrected chi connectivity index (χ3v) is 2.19. The second-order valence-electron chi connectivity index (χ2n) is 3.91. The SMILES string of the molecule is CCCCOc1nc(OCC(F)(F)F)ccc1C(=O)O. The summed E-state index contributed by atoms with van der Waals surface area (Å²) in [5, 5.41) is 8.93. The molecule has 1 aromatic rings. The van der Waals surface area contributed by atoms with Gasteiger partial charge in [0.1, 0.15) is 5.56 Å². The minimum absolute atomic E-state index is 0.222. The summed E-state index contributed by atoms with van der Waals surface area (Å²) in [6.45, 7) is 0.644. The van der Waals surface area contributed by atoms with Gasteiger partial charge in [0, 0.05) is 6.07 Å². The molecule has 112 valence electrons. The first-order valence-corrected chi connectivity index (χ1v) is 5.90. The average Bonchev–Trinajstić information content (AvgIpc) is 2.36. The highest BCUT2D eigenvalue weighted by Crippen LogP contribution is 2.22. The predicted octanol–water partition coefficient (Wildman–Crippen LogP) is 2.90. The lowest BCUT2D eigenvalue weighted by Crippen LogP contribution is -2.20.